The third kappa shape index (κ3) is 4.43. The Kier molecular flexibility index (Phi) is 5.70. The molecule has 1 aliphatic heterocycles. The highest BCUT2D eigenvalue weighted by atomic mass is 79.9. The number of ether oxygens (including phenoxy) is 4. The minimum absolute atomic E-state index is 0.108. The second-order valence-electron chi connectivity index (χ2n) is 5.49. The fraction of sp³-hybridized carbons (Fsp3) is 0.222. The Labute approximate surface area is 163 Å². The van der Waals surface area contributed by atoms with Gasteiger partial charge >= 0.3 is 5.97 Å². The molecule has 2 aromatic rings. The molecule has 0 saturated carbocycles. The number of nitrogens with one attached hydrogen (secondary N) is 1. The van der Waals surface area contributed by atoms with E-state index in [4.69, 9.17) is 18.9 Å². The minimum Gasteiger partial charge on any atom is -0.503 e. The van der Waals surface area contributed by atoms with Crippen molar-refractivity contribution in [2.75, 3.05) is 32.2 Å². The Morgan fingerprint density at radius 3 is 2.67 bits per heavy atom. The van der Waals surface area contributed by atoms with Gasteiger partial charge in [0.15, 0.2) is 29.6 Å². The second-order valence-corrected chi connectivity index (χ2v) is 6.35. The number of fused-ring (bicyclic) bond motifs is 1. The molecule has 0 unspecified atom stereocenters. The van der Waals surface area contributed by atoms with E-state index in [0.29, 0.717) is 30.4 Å². The molecular weight excluding hydrogens is 422 g/mol. The number of carbonyl (C=O) groups excluding carboxylic acids is 2. The van der Waals surface area contributed by atoms with E-state index in [2.05, 4.69) is 21.2 Å². The molecule has 1 amide bonds. The van der Waals surface area contributed by atoms with E-state index in [1.807, 2.05) is 0 Å². The maximum atomic E-state index is 12.1. The molecule has 9 heteroatoms. The third-order valence-corrected chi connectivity index (χ3v) is 4.25. The summed E-state index contributed by atoms with van der Waals surface area (Å²) in [5.74, 6) is -0.117. The van der Waals surface area contributed by atoms with Gasteiger partial charge in [-0.2, -0.15) is 0 Å². The summed E-state index contributed by atoms with van der Waals surface area (Å²) in [7, 11) is 1.36. The molecule has 0 aromatic heterocycles. The van der Waals surface area contributed by atoms with Gasteiger partial charge < -0.3 is 29.4 Å². The molecule has 0 saturated heterocycles. The number of aromatic hydroxyl groups is 1. The van der Waals surface area contributed by atoms with E-state index in [-0.39, 0.29) is 21.5 Å². The molecular formula is C18H16BrNO7. The number of phenolic OH excluding ortho intramolecular Hbond substituents is 1. The first kappa shape index (κ1) is 18.8. The number of amides is 1. The monoisotopic (exact) mass is 437 g/mol. The van der Waals surface area contributed by atoms with Gasteiger partial charge in [0, 0.05) is 11.8 Å². The summed E-state index contributed by atoms with van der Waals surface area (Å²) in [5, 5.41) is 12.4. The number of phenols is 1. The summed E-state index contributed by atoms with van der Waals surface area (Å²) >= 11 is 3.12. The van der Waals surface area contributed by atoms with Gasteiger partial charge in [0.05, 0.1) is 17.1 Å². The van der Waals surface area contributed by atoms with Crippen LogP contribution in [0.3, 0.4) is 0 Å². The van der Waals surface area contributed by atoms with E-state index in [9.17, 15) is 14.7 Å². The van der Waals surface area contributed by atoms with Crippen LogP contribution in [0.25, 0.3) is 0 Å². The molecule has 0 radical (unpaired) electrons. The van der Waals surface area contributed by atoms with Crippen LogP contribution in [0.5, 0.6) is 23.0 Å². The van der Waals surface area contributed by atoms with Crippen molar-refractivity contribution in [3.05, 3.63) is 40.4 Å². The van der Waals surface area contributed by atoms with Crippen molar-refractivity contribution in [3.8, 4) is 23.0 Å². The molecule has 1 heterocycles. The highest BCUT2D eigenvalue weighted by Gasteiger charge is 2.17. The van der Waals surface area contributed by atoms with Crippen molar-refractivity contribution < 1.29 is 33.6 Å². The summed E-state index contributed by atoms with van der Waals surface area (Å²) in [6.07, 6.45) is 0. The Morgan fingerprint density at radius 1 is 1.19 bits per heavy atom. The predicted octanol–water partition coefficient (Wildman–Crippen LogP) is 2.73. The zero-order chi connectivity index (χ0) is 19.4. The Morgan fingerprint density at radius 2 is 1.93 bits per heavy atom. The highest BCUT2D eigenvalue weighted by molar-refractivity contribution is 9.10. The third-order valence-electron chi connectivity index (χ3n) is 3.64. The first-order valence-electron chi connectivity index (χ1n) is 7.91. The maximum absolute atomic E-state index is 12.1. The smallest absolute Gasteiger partial charge is 0.338 e. The van der Waals surface area contributed by atoms with Gasteiger partial charge in [0.1, 0.15) is 13.2 Å². The van der Waals surface area contributed by atoms with Crippen molar-refractivity contribution in [2.45, 2.75) is 0 Å². The first-order valence-corrected chi connectivity index (χ1v) is 8.70. The molecule has 8 nitrogen and oxygen atoms in total. The van der Waals surface area contributed by atoms with Crippen LogP contribution < -0.4 is 19.5 Å². The van der Waals surface area contributed by atoms with E-state index in [1.165, 1.54) is 19.2 Å². The predicted molar refractivity (Wildman–Crippen MR) is 98.7 cm³/mol. The fourth-order valence-electron chi connectivity index (χ4n) is 2.38. The molecule has 1 aliphatic rings. The normalized spacial score (nSPS) is 12.2. The van der Waals surface area contributed by atoms with Crippen molar-refractivity contribution in [1.82, 2.24) is 0 Å². The lowest BCUT2D eigenvalue weighted by Gasteiger charge is -2.19. The summed E-state index contributed by atoms with van der Waals surface area (Å²) in [4.78, 5) is 24.2. The first-order chi connectivity index (χ1) is 13.0. The number of halogens is 1. The Balaban J connectivity index is 1.59. The average molecular weight is 438 g/mol. The lowest BCUT2D eigenvalue weighted by Crippen LogP contribution is -2.21. The number of methoxy groups -OCH3 is 1. The molecule has 0 bridgehead atoms. The van der Waals surface area contributed by atoms with E-state index >= 15 is 0 Å². The Hall–Kier alpha value is -2.94. The number of hydrogen-bond acceptors (Lipinski definition) is 7. The largest absolute Gasteiger partial charge is 0.503 e. The van der Waals surface area contributed by atoms with Gasteiger partial charge in [-0.1, -0.05) is 0 Å². The van der Waals surface area contributed by atoms with Crippen LogP contribution in [0.4, 0.5) is 5.69 Å². The van der Waals surface area contributed by atoms with Crippen molar-refractivity contribution >= 4 is 33.5 Å². The van der Waals surface area contributed by atoms with Crippen LogP contribution in [0.1, 0.15) is 10.4 Å². The number of anilines is 1. The van der Waals surface area contributed by atoms with Crippen LogP contribution >= 0.6 is 15.9 Å². The number of rotatable bonds is 5. The summed E-state index contributed by atoms with van der Waals surface area (Å²) < 4.78 is 21.1. The molecule has 0 fully saturated rings. The van der Waals surface area contributed by atoms with Crippen molar-refractivity contribution in [3.63, 3.8) is 0 Å². The molecule has 2 N–H and O–H groups in total. The van der Waals surface area contributed by atoms with Gasteiger partial charge in [-0.15, -0.1) is 0 Å². The maximum Gasteiger partial charge on any atom is 0.338 e. The summed E-state index contributed by atoms with van der Waals surface area (Å²) in [5.41, 5.74) is 0.623. The van der Waals surface area contributed by atoms with Crippen LogP contribution in [0.2, 0.25) is 0 Å². The van der Waals surface area contributed by atoms with Crippen LogP contribution in [0, 0.1) is 0 Å². The van der Waals surface area contributed by atoms with Gasteiger partial charge in [0.25, 0.3) is 5.91 Å². The van der Waals surface area contributed by atoms with Gasteiger partial charge in [0.2, 0.25) is 0 Å². The number of benzene rings is 2. The highest BCUT2D eigenvalue weighted by Crippen LogP contribution is 2.35. The lowest BCUT2D eigenvalue weighted by molar-refractivity contribution is -0.119. The molecule has 3 rings (SSSR count). The fourth-order valence-corrected chi connectivity index (χ4v) is 2.82. The molecule has 0 atom stereocenters. The van der Waals surface area contributed by atoms with Gasteiger partial charge in [-0.3, -0.25) is 4.79 Å². The molecule has 2 aromatic carbocycles. The molecule has 0 spiro atoms. The zero-order valence-corrected chi connectivity index (χ0v) is 15.9. The number of hydrogen-bond donors (Lipinski definition) is 2. The van der Waals surface area contributed by atoms with Crippen LogP contribution in [0.15, 0.2) is 34.8 Å². The second kappa shape index (κ2) is 8.17. The molecule has 0 aliphatic carbocycles. The SMILES string of the molecule is COc1cc(C(=O)OCC(=O)Nc2ccc3c(c2)OCCO3)cc(Br)c1O. The van der Waals surface area contributed by atoms with Crippen LogP contribution in [-0.4, -0.2) is 43.9 Å². The topological polar surface area (TPSA) is 103 Å². The summed E-state index contributed by atoms with van der Waals surface area (Å²) in [6.45, 7) is 0.439. The van der Waals surface area contributed by atoms with Gasteiger partial charge in [-0.25, -0.2) is 4.79 Å². The Bertz CT molecular complexity index is 884. The standard InChI is InChI=1S/C18H16BrNO7/c1-24-15-7-10(6-12(19)17(15)22)18(23)27-9-16(21)20-11-2-3-13-14(8-11)26-5-4-25-13/h2-3,6-8,22H,4-5,9H2,1H3,(H,20,21). The quantitative estimate of drug-likeness (QED) is 0.692. The van der Waals surface area contributed by atoms with Gasteiger partial charge in [-0.05, 0) is 40.2 Å². The van der Waals surface area contributed by atoms with Crippen LogP contribution in [-0.2, 0) is 9.53 Å². The van der Waals surface area contributed by atoms with Crippen molar-refractivity contribution in [2.24, 2.45) is 0 Å². The van der Waals surface area contributed by atoms with E-state index in [0.717, 1.165) is 0 Å². The van der Waals surface area contributed by atoms with E-state index in [1.54, 1.807) is 18.2 Å². The summed E-state index contributed by atoms with van der Waals surface area (Å²) in [6, 6.07) is 7.68. The van der Waals surface area contributed by atoms with Crippen molar-refractivity contribution in [1.29, 1.82) is 0 Å². The molecule has 142 valence electrons. The minimum atomic E-state index is -0.730. The average Bonchev–Trinajstić information content (AvgIpc) is 2.68. The number of esters is 1. The number of carbonyl (C=O) groups is 2. The van der Waals surface area contributed by atoms with E-state index < -0.39 is 18.5 Å². The zero-order valence-electron chi connectivity index (χ0n) is 14.3. The molecule has 27 heavy (non-hydrogen) atoms. The lowest BCUT2D eigenvalue weighted by atomic mass is 10.2.